The summed E-state index contributed by atoms with van der Waals surface area (Å²) < 4.78 is 55.6. The van der Waals surface area contributed by atoms with Crippen LogP contribution >= 0.6 is 11.6 Å². The molecule has 0 unspecified atom stereocenters. The lowest BCUT2D eigenvalue weighted by molar-refractivity contribution is 0.100. The summed E-state index contributed by atoms with van der Waals surface area (Å²) in [5, 5.41) is -0.0500. The van der Waals surface area contributed by atoms with Crippen molar-refractivity contribution in [2.75, 3.05) is 6.26 Å². The van der Waals surface area contributed by atoms with Crippen LogP contribution in [0.5, 0.6) is 11.5 Å². The number of hydrogen-bond donors (Lipinski definition) is 2. The third-order valence-corrected chi connectivity index (χ3v) is 7.16. The van der Waals surface area contributed by atoms with Crippen molar-refractivity contribution in [2.45, 2.75) is 22.5 Å². The van der Waals surface area contributed by atoms with E-state index in [1.54, 1.807) is 6.92 Å². The van der Waals surface area contributed by atoms with Gasteiger partial charge in [0.25, 0.3) is 5.91 Å². The zero-order chi connectivity index (χ0) is 21.7. The number of aliphatic imine (C=N–C) groups is 1. The van der Waals surface area contributed by atoms with Crippen LogP contribution < -0.4 is 16.2 Å². The molecule has 0 saturated carbocycles. The third kappa shape index (κ3) is 4.07. The first-order valence-electron chi connectivity index (χ1n) is 8.01. The van der Waals surface area contributed by atoms with Crippen LogP contribution in [0.4, 0.5) is 0 Å². The molecule has 3 rings (SSSR count). The maximum atomic E-state index is 13.0. The predicted octanol–water partition coefficient (Wildman–Crippen LogP) is 1.55. The number of nitrogens with two attached hydrogens (primary N) is 2. The normalized spacial score (nSPS) is 14.7. The first kappa shape index (κ1) is 21.1. The standard InChI is InChI=1S/C17H16ClN3O6S2/c1-8-3-9(16(22)21-17(19)20)5-13-14(8)27-15-10(7-29(13,25)26)4-11(6-12(15)18)28(2,23)24/h3-6H,7H2,1-2H3,(H4,19,20,21,22). The number of aryl methyl sites for hydroxylation is 1. The molecule has 9 nitrogen and oxygen atoms in total. The summed E-state index contributed by atoms with van der Waals surface area (Å²) in [5.41, 5.74) is 10.8. The van der Waals surface area contributed by atoms with E-state index < -0.39 is 37.3 Å². The van der Waals surface area contributed by atoms with Crippen molar-refractivity contribution in [1.82, 2.24) is 0 Å². The van der Waals surface area contributed by atoms with Gasteiger partial charge in [0.1, 0.15) is 16.4 Å². The molecule has 1 amide bonds. The largest absolute Gasteiger partial charge is 0.454 e. The first-order valence-corrected chi connectivity index (χ1v) is 11.9. The van der Waals surface area contributed by atoms with Crippen LogP contribution in [0, 0.1) is 6.92 Å². The van der Waals surface area contributed by atoms with Gasteiger partial charge in [-0.05, 0) is 36.8 Å². The summed E-state index contributed by atoms with van der Waals surface area (Å²) in [4.78, 5) is 15.2. The van der Waals surface area contributed by atoms with Gasteiger partial charge in [-0.15, -0.1) is 0 Å². The summed E-state index contributed by atoms with van der Waals surface area (Å²) >= 11 is 6.19. The van der Waals surface area contributed by atoms with E-state index in [0.29, 0.717) is 5.56 Å². The lowest BCUT2D eigenvalue weighted by Crippen LogP contribution is -2.24. The molecule has 154 valence electrons. The van der Waals surface area contributed by atoms with Gasteiger partial charge in [0.2, 0.25) is 0 Å². The van der Waals surface area contributed by atoms with Crippen molar-refractivity contribution in [1.29, 1.82) is 0 Å². The van der Waals surface area contributed by atoms with Gasteiger partial charge in [-0.3, -0.25) is 4.79 Å². The molecule has 1 aliphatic rings. The van der Waals surface area contributed by atoms with Crippen molar-refractivity contribution >= 4 is 43.1 Å². The van der Waals surface area contributed by atoms with Gasteiger partial charge in [0, 0.05) is 17.4 Å². The average molecular weight is 458 g/mol. The lowest BCUT2D eigenvalue weighted by Gasteiger charge is -2.13. The number of halogens is 1. The number of carbonyl (C=O) groups excluding carboxylic acids is 1. The minimum absolute atomic E-state index is 0.0148. The highest BCUT2D eigenvalue weighted by Gasteiger charge is 2.31. The Hall–Kier alpha value is -2.63. The Bertz CT molecular complexity index is 1300. The topological polar surface area (TPSA) is 159 Å². The SMILES string of the molecule is Cc1cc(C(=O)N=C(N)N)cc2c1Oc1c(Cl)cc(S(C)(=O)=O)cc1CS2(=O)=O. The monoisotopic (exact) mass is 457 g/mol. The number of nitrogens with zero attached hydrogens (tertiary/aromatic N) is 1. The Labute approximate surface area is 172 Å². The minimum atomic E-state index is -4.02. The first-order chi connectivity index (χ1) is 13.3. The van der Waals surface area contributed by atoms with Gasteiger partial charge in [-0.1, -0.05) is 11.6 Å². The van der Waals surface area contributed by atoms with Crippen molar-refractivity contribution < 1.29 is 26.4 Å². The Balaban J connectivity index is 2.25. The second-order valence-corrected chi connectivity index (χ2v) is 10.9. The zero-order valence-electron chi connectivity index (χ0n) is 15.3. The van der Waals surface area contributed by atoms with E-state index >= 15 is 0 Å². The maximum absolute atomic E-state index is 13.0. The number of ether oxygens (including phenoxy) is 1. The van der Waals surface area contributed by atoms with Gasteiger partial charge in [0.15, 0.2) is 25.6 Å². The smallest absolute Gasteiger partial charge is 0.280 e. The van der Waals surface area contributed by atoms with E-state index in [4.69, 9.17) is 27.8 Å². The quantitative estimate of drug-likeness (QED) is 0.507. The van der Waals surface area contributed by atoms with Crippen LogP contribution in [-0.2, 0) is 25.4 Å². The highest BCUT2D eigenvalue weighted by molar-refractivity contribution is 7.91. The van der Waals surface area contributed by atoms with Crippen molar-refractivity contribution in [2.24, 2.45) is 16.5 Å². The average Bonchev–Trinajstić information content (AvgIpc) is 2.67. The Morgan fingerprint density at radius 1 is 1.17 bits per heavy atom. The summed E-state index contributed by atoms with van der Waals surface area (Å²) in [5.74, 6) is -1.83. The van der Waals surface area contributed by atoms with Crippen molar-refractivity contribution in [3.8, 4) is 11.5 Å². The van der Waals surface area contributed by atoms with Gasteiger partial charge in [0.05, 0.1) is 15.7 Å². The maximum Gasteiger partial charge on any atom is 0.280 e. The van der Waals surface area contributed by atoms with Gasteiger partial charge in [-0.2, -0.15) is 4.99 Å². The number of rotatable bonds is 2. The van der Waals surface area contributed by atoms with E-state index in [1.807, 2.05) is 0 Å². The summed E-state index contributed by atoms with van der Waals surface area (Å²) in [7, 11) is -7.65. The summed E-state index contributed by atoms with van der Waals surface area (Å²) in [6.45, 7) is 1.55. The number of guanidine groups is 1. The molecule has 0 radical (unpaired) electrons. The molecule has 29 heavy (non-hydrogen) atoms. The Morgan fingerprint density at radius 3 is 2.41 bits per heavy atom. The molecule has 0 saturated heterocycles. The van der Waals surface area contributed by atoms with Crippen LogP contribution in [0.3, 0.4) is 0 Å². The molecule has 0 aliphatic carbocycles. The van der Waals surface area contributed by atoms with Crippen molar-refractivity contribution in [3.05, 3.63) is 46.0 Å². The molecule has 4 N–H and O–H groups in total. The molecule has 0 atom stereocenters. The fraction of sp³-hybridized carbons (Fsp3) is 0.176. The number of fused-ring (bicyclic) bond motifs is 2. The molecule has 0 bridgehead atoms. The van der Waals surface area contributed by atoms with Gasteiger partial charge < -0.3 is 16.2 Å². The van der Waals surface area contributed by atoms with E-state index in [9.17, 15) is 21.6 Å². The summed E-state index contributed by atoms with van der Waals surface area (Å²) in [6.07, 6.45) is 0.984. The highest BCUT2D eigenvalue weighted by atomic mass is 35.5. The summed E-state index contributed by atoms with van der Waals surface area (Å²) in [6, 6.07) is 4.90. The van der Waals surface area contributed by atoms with E-state index in [-0.39, 0.29) is 37.4 Å². The fourth-order valence-electron chi connectivity index (χ4n) is 2.85. The van der Waals surface area contributed by atoms with Gasteiger partial charge in [-0.25, -0.2) is 16.8 Å². The number of amides is 1. The zero-order valence-corrected chi connectivity index (χ0v) is 17.7. The number of hydrogen-bond acceptors (Lipinski definition) is 6. The van der Waals surface area contributed by atoms with E-state index in [1.165, 1.54) is 18.2 Å². The number of benzene rings is 2. The van der Waals surface area contributed by atoms with Crippen LogP contribution in [0.2, 0.25) is 5.02 Å². The number of sulfone groups is 2. The minimum Gasteiger partial charge on any atom is -0.454 e. The molecule has 0 aromatic heterocycles. The predicted molar refractivity (Wildman–Crippen MR) is 107 cm³/mol. The second kappa shape index (κ2) is 7.01. The van der Waals surface area contributed by atoms with Gasteiger partial charge >= 0.3 is 0 Å². The molecule has 0 fully saturated rings. The van der Waals surface area contributed by atoms with Crippen LogP contribution in [-0.4, -0.2) is 35.0 Å². The highest BCUT2D eigenvalue weighted by Crippen LogP contribution is 2.44. The van der Waals surface area contributed by atoms with E-state index in [0.717, 1.165) is 12.3 Å². The third-order valence-electron chi connectivity index (χ3n) is 4.13. The second-order valence-electron chi connectivity index (χ2n) is 6.49. The molecule has 0 spiro atoms. The van der Waals surface area contributed by atoms with Crippen molar-refractivity contribution in [3.63, 3.8) is 0 Å². The molecule has 2 aromatic rings. The number of carbonyl (C=O) groups is 1. The molecule has 2 aromatic carbocycles. The molecular formula is C17H16ClN3O6S2. The Morgan fingerprint density at radius 2 is 1.83 bits per heavy atom. The van der Waals surface area contributed by atoms with Crippen LogP contribution in [0.1, 0.15) is 21.5 Å². The Kier molecular flexibility index (Phi) is 5.10. The van der Waals surface area contributed by atoms with E-state index in [2.05, 4.69) is 4.99 Å². The fourth-order valence-corrected chi connectivity index (χ4v) is 5.45. The molecule has 12 heteroatoms. The lowest BCUT2D eigenvalue weighted by atomic mass is 10.1. The van der Waals surface area contributed by atoms with Crippen LogP contribution in [0.25, 0.3) is 0 Å². The molecular weight excluding hydrogens is 442 g/mol. The molecule has 1 heterocycles. The molecule has 1 aliphatic heterocycles. The van der Waals surface area contributed by atoms with Crippen LogP contribution in [0.15, 0.2) is 39.0 Å².